The van der Waals surface area contributed by atoms with Gasteiger partial charge in [-0.05, 0) is 56.5 Å². The van der Waals surface area contributed by atoms with Gasteiger partial charge in [-0.3, -0.25) is 9.67 Å². The van der Waals surface area contributed by atoms with Crippen molar-refractivity contribution < 1.29 is 20.1 Å². The molecule has 1 radical (unpaired) electrons. The van der Waals surface area contributed by atoms with Gasteiger partial charge in [0.2, 0.25) is 0 Å². The molecule has 1 aromatic heterocycles. The van der Waals surface area contributed by atoms with E-state index < -0.39 is 0 Å². The van der Waals surface area contributed by atoms with Crippen LogP contribution in [0.4, 0.5) is 0 Å². The number of aromatic nitrogens is 3. The van der Waals surface area contributed by atoms with Crippen LogP contribution in [0.2, 0.25) is 0 Å². The van der Waals surface area contributed by atoms with Crippen LogP contribution in [0.15, 0.2) is 54.6 Å². The number of nitrogens with zero attached hydrogens (tertiary/aromatic N) is 4. The molecule has 0 N–H and O–H groups in total. The molecule has 0 aliphatic carbocycles. The molecule has 3 aromatic carbocycles. The molecule has 30 heavy (non-hydrogen) atoms. The second kappa shape index (κ2) is 8.75. The summed E-state index contributed by atoms with van der Waals surface area (Å²) in [7, 11) is 0. The molecule has 0 spiro atoms. The summed E-state index contributed by atoms with van der Waals surface area (Å²) in [6, 6.07) is 23.4. The van der Waals surface area contributed by atoms with Gasteiger partial charge < -0.3 is 0 Å². The molecule has 5 heteroatoms. The van der Waals surface area contributed by atoms with E-state index in [-0.39, 0.29) is 20.1 Å². The maximum Gasteiger partial charge on any atom is 0.137 e. The van der Waals surface area contributed by atoms with Gasteiger partial charge in [-0.2, -0.15) is 10.4 Å². The zero-order valence-electron chi connectivity index (χ0n) is 17.3. The van der Waals surface area contributed by atoms with E-state index in [0.29, 0.717) is 5.56 Å². The number of rotatable bonds is 3. The monoisotopic (exact) mass is 570 g/mol. The fourth-order valence-corrected chi connectivity index (χ4v) is 3.76. The number of hydrogen-bond acceptors (Lipinski definition) is 3. The molecule has 0 amide bonds. The van der Waals surface area contributed by atoms with Crippen molar-refractivity contribution in [2.24, 2.45) is 0 Å². The Morgan fingerprint density at radius 1 is 0.900 bits per heavy atom. The molecule has 0 atom stereocenters. The molecule has 0 bridgehead atoms. The normalized spacial score (nSPS) is 10.4. The third kappa shape index (κ3) is 4.11. The van der Waals surface area contributed by atoms with Gasteiger partial charge in [-0.1, -0.05) is 29.8 Å². The summed E-state index contributed by atoms with van der Waals surface area (Å²) in [6.07, 6.45) is 0. The molecule has 0 unspecified atom stereocenters. The van der Waals surface area contributed by atoms with Crippen LogP contribution in [0.5, 0.6) is 0 Å². The third-order valence-corrected chi connectivity index (χ3v) is 4.95. The second-order valence-electron chi connectivity index (χ2n) is 7.32. The standard InChI is InChI=1S/C25H21N4.Ir/c1-16-12-17(2)24(18(3)13-16)29-25(27-19(4)28-29)23-7-5-6-22(14-23)21-10-8-20(15-26)9-11-21;/h5-6,8-14H,1-4H3;/q-1;. The van der Waals surface area contributed by atoms with E-state index in [4.69, 9.17) is 10.2 Å². The first-order chi connectivity index (χ1) is 14.0. The Bertz CT molecular complexity index is 1220. The summed E-state index contributed by atoms with van der Waals surface area (Å²) in [5.74, 6) is 1.49. The molecule has 0 saturated carbocycles. The van der Waals surface area contributed by atoms with Crippen LogP contribution in [0.25, 0.3) is 28.2 Å². The van der Waals surface area contributed by atoms with E-state index in [1.54, 1.807) is 0 Å². The van der Waals surface area contributed by atoms with E-state index in [0.717, 1.165) is 45.2 Å². The van der Waals surface area contributed by atoms with Crippen molar-refractivity contribution >= 4 is 0 Å². The average molecular weight is 570 g/mol. The van der Waals surface area contributed by atoms with Crippen molar-refractivity contribution in [2.75, 3.05) is 0 Å². The zero-order chi connectivity index (χ0) is 20.5. The summed E-state index contributed by atoms with van der Waals surface area (Å²) in [5, 5.41) is 13.7. The number of aryl methyl sites for hydroxylation is 4. The average Bonchev–Trinajstić information content (AvgIpc) is 3.08. The van der Waals surface area contributed by atoms with E-state index in [2.05, 4.69) is 56.2 Å². The molecule has 0 aliphatic heterocycles. The molecular formula is C25H21IrN4-. The third-order valence-electron chi connectivity index (χ3n) is 4.95. The molecule has 4 rings (SSSR count). The summed E-state index contributed by atoms with van der Waals surface area (Å²) >= 11 is 0. The predicted molar refractivity (Wildman–Crippen MR) is 115 cm³/mol. The van der Waals surface area contributed by atoms with Crippen molar-refractivity contribution in [1.82, 2.24) is 14.8 Å². The van der Waals surface area contributed by atoms with Crippen LogP contribution in [-0.2, 0) is 20.1 Å². The van der Waals surface area contributed by atoms with Crippen LogP contribution < -0.4 is 0 Å². The molecule has 0 saturated heterocycles. The number of benzene rings is 3. The molecule has 1 heterocycles. The topological polar surface area (TPSA) is 54.5 Å². The van der Waals surface area contributed by atoms with Crippen LogP contribution in [-0.4, -0.2) is 14.8 Å². The number of nitriles is 1. The Morgan fingerprint density at radius 3 is 2.20 bits per heavy atom. The molecule has 4 aromatic rings. The van der Waals surface area contributed by atoms with E-state index in [9.17, 15) is 0 Å². The second-order valence-corrected chi connectivity index (χ2v) is 7.32. The van der Waals surface area contributed by atoms with Gasteiger partial charge in [0.15, 0.2) is 0 Å². The van der Waals surface area contributed by atoms with Crippen molar-refractivity contribution in [2.45, 2.75) is 27.7 Å². The maximum absolute atomic E-state index is 9.02. The summed E-state index contributed by atoms with van der Waals surface area (Å²) in [4.78, 5) is 4.70. The van der Waals surface area contributed by atoms with E-state index in [1.807, 2.05) is 48.0 Å². The van der Waals surface area contributed by atoms with Gasteiger partial charge in [0, 0.05) is 20.1 Å². The molecule has 0 aliphatic rings. The first-order valence-corrected chi connectivity index (χ1v) is 9.51. The minimum atomic E-state index is 0. The minimum Gasteiger partial charge on any atom is -0.262 e. The Balaban J connectivity index is 0.00000256. The summed E-state index contributed by atoms with van der Waals surface area (Å²) in [5.41, 5.74) is 8.25. The Hall–Kier alpha value is -3.06. The van der Waals surface area contributed by atoms with Crippen molar-refractivity contribution in [1.29, 1.82) is 5.26 Å². The van der Waals surface area contributed by atoms with E-state index >= 15 is 0 Å². The van der Waals surface area contributed by atoms with E-state index in [1.165, 1.54) is 5.56 Å². The van der Waals surface area contributed by atoms with Crippen molar-refractivity contribution in [3.8, 4) is 34.3 Å². The molecule has 151 valence electrons. The Morgan fingerprint density at radius 2 is 1.57 bits per heavy atom. The SMILES string of the molecule is Cc1cc(C)c(-n2nc(C)nc2-c2[c-]ccc(-c3ccc(C#N)cc3)c2)c(C)c1.[Ir]. The van der Waals surface area contributed by atoms with Crippen LogP contribution in [0, 0.1) is 45.1 Å². The minimum absolute atomic E-state index is 0. The van der Waals surface area contributed by atoms with Gasteiger partial charge in [-0.15, -0.1) is 35.4 Å². The maximum atomic E-state index is 9.02. The summed E-state index contributed by atoms with van der Waals surface area (Å²) in [6.45, 7) is 8.22. The van der Waals surface area contributed by atoms with Gasteiger partial charge in [0.05, 0.1) is 23.1 Å². The van der Waals surface area contributed by atoms with Gasteiger partial charge in [-0.25, -0.2) is 0 Å². The van der Waals surface area contributed by atoms with Crippen molar-refractivity contribution in [3.05, 3.63) is 88.7 Å². The summed E-state index contributed by atoms with van der Waals surface area (Å²) < 4.78 is 1.92. The van der Waals surface area contributed by atoms with Gasteiger partial charge >= 0.3 is 0 Å². The Labute approximate surface area is 190 Å². The number of hydrogen-bond donors (Lipinski definition) is 0. The molecular weight excluding hydrogens is 549 g/mol. The Kier molecular flexibility index (Phi) is 6.31. The van der Waals surface area contributed by atoms with Crippen LogP contribution >= 0.6 is 0 Å². The smallest absolute Gasteiger partial charge is 0.137 e. The quantitative estimate of drug-likeness (QED) is 0.306. The van der Waals surface area contributed by atoms with Gasteiger partial charge in [0.1, 0.15) is 5.82 Å². The van der Waals surface area contributed by atoms with Gasteiger partial charge in [0.25, 0.3) is 0 Å². The first-order valence-electron chi connectivity index (χ1n) is 9.51. The fraction of sp³-hybridized carbons (Fsp3) is 0.160. The largest absolute Gasteiger partial charge is 0.262 e. The predicted octanol–water partition coefficient (Wildman–Crippen LogP) is 5.50. The first kappa shape index (κ1) is 21.6. The fourth-order valence-electron chi connectivity index (χ4n) is 3.76. The molecule has 4 nitrogen and oxygen atoms in total. The van der Waals surface area contributed by atoms with Crippen molar-refractivity contribution in [3.63, 3.8) is 0 Å². The molecule has 0 fully saturated rings. The van der Waals surface area contributed by atoms with Crippen LogP contribution in [0.3, 0.4) is 0 Å². The van der Waals surface area contributed by atoms with Crippen LogP contribution in [0.1, 0.15) is 28.1 Å². The zero-order valence-corrected chi connectivity index (χ0v) is 19.7.